The second-order valence-electron chi connectivity index (χ2n) is 12.4. The number of rotatable bonds is 6. The Bertz CT molecular complexity index is 2690. The summed E-state index contributed by atoms with van der Waals surface area (Å²) >= 11 is 0. The van der Waals surface area contributed by atoms with Crippen molar-refractivity contribution in [1.82, 2.24) is 19.5 Å². The van der Waals surface area contributed by atoms with E-state index in [4.69, 9.17) is 15.0 Å². The maximum Gasteiger partial charge on any atom is 0.164 e. The van der Waals surface area contributed by atoms with Gasteiger partial charge in [-0.3, -0.25) is 0 Å². The molecule has 0 saturated heterocycles. The van der Waals surface area contributed by atoms with Crippen LogP contribution < -0.4 is 0 Å². The van der Waals surface area contributed by atoms with Crippen LogP contribution in [-0.2, 0) is 0 Å². The third-order valence-electron chi connectivity index (χ3n) is 9.31. The molecule has 2 heterocycles. The molecule has 0 amide bonds. The van der Waals surface area contributed by atoms with Crippen molar-refractivity contribution in [1.29, 1.82) is 5.26 Å². The van der Waals surface area contributed by atoms with Gasteiger partial charge >= 0.3 is 0 Å². The van der Waals surface area contributed by atoms with Gasteiger partial charge in [0, 0.05) is 33.0 Å². The van der Waals surface area contributed by atoms with Gasteiger partial charge < -0.3 is 4.57 Å². The molecule has 0 bridgehead atoms. The van der Waals surface area contributed by atoms with Crippen molar-refractivity contribution in [2.24, 2.45) is 0 Å². The van der Waals surface area contributed by atoms with Crippen molar-refractivity contribution < 1.29 is 0 Å². The fraction of sp³-hybridized carbons (Fsp3) is 0. The zero-order valence-corrected chi connectivity index (χ0v) is 27.5. The van der Waals surface area contributed by atoms with Crippen LogP contribution >= 0.6 is 0 Å². The highest BCUT2D eigenvalue weighted by Gasteiger charge is 2.19. The van der Waals surface area contributed by atoms with Crippen LogP contribution in [0.1, 0.15) is 5.56 Å². The highest BCUT2D eigenvalue weighted by atomic mass is 15.0. The van der Waals surface area contributed by atoms with Crippen LogP contribution in [0, 0.1) is 11.3 Å². The van der Waals surface area contributed by atoms with Crippen LogP contribution in [0.2, 0.25) is 0 Å². The Hall–Kier alpha value is -7.16. The van der Waals surface area contributed by atoms with Gasteiger partial charge in [0.2, 0.25) is 0 Å². The van der Waals surface area contributed by atoms with E-state index in [0.29, 0.717) is 23.0 Å². The number of nitrogens with zero attached hydrogens (tertiary/aromatic N) is 5. The van der Waals surface area contributed by atoms with Gasteiger partial charge in [0.1, 0.15) is 0 Å². The Labute approximate surface area is 295 Å². The molecule has 5 nitrogen and oxygen atoms in total. The van der Waals surface area contributed by atoms with Gasteiger partial charge in [-0.25, -0.2) is 15.0 Å². The van der Waals surface area contributed by atoms with E-state index in [1.54, 1.807) is 0 Å². The summed E-state index contributed by atoms with van der Waals surface area (Å²) in [4.78, 5) is 15.1. The topological polar surface area (TPSA) is 67.4 Å². The molecule has 0 radical (unpaired) electrons. The summed E-state index contributed by atoms with van der Waals surface area (Å²) in [7, 11) is 0. The van der Waals surface area contributed by atoms with E-state index in [9.17, 15) is 5.26 Å². The first-order valence-electron chi connectivity index (χ1n) is 16.8. The molecule has 51 heavy (non-hydrogen) atoms. The van der Waals surface area contributed by atoms with Crippen molar-refractivity contribution in [3.8, 4) is 68.2 Å². The Kier molecular flexibility index (Phi) is 7.46. The molecule has 238 valence electrons. The minimum atomic E-state index is 0.500. The van der Waals surface area contributed by atoms with E-state index in [1.165, 1.54) is 10.8 Å². The normalized spacial score (nSPS) is 11.1. The average Bonchev–Trinajstić information content (AvgIpc) is 3.55. The minimum Gasteiger partial charge on any atom is -0.309 e. The quantitative estimate of drug-likeness (QED) is 0.179. The number of hydrogen-bond donors (Lipinski definition) is 0. The van der Waals surface area contributed by atoms with E-state index in [-0.39, 0.29) is 0 Å². The van der Waals surface area contributed by atoms with Crippen LogP contribution in [0.4, 0.5) is 0 Å². The first-order valence-corrected chi connectivity index (χ1v) is 16.8. The highest BCUT2D eigenvalue weighted by molar-refractivity contribution is 6.09. The van der Waals surface area contributed by atoms with Gasteiger partial charge in [0.05, 0.1) is 28.4 Å². The maximum atomic E-state index is 10.2. The van der Waals surface area contributed by atoms with Gasteiger partial charge in [-0.15, -0.1) is 0 Å². The van der Waals surface area contributed by atoms with Crippen molar-refractivity contribution in [2.45, 2.75) is 0 Å². The van der Waals surface area contributed by atoms with Gasteiger partial charge in [0.15, 0.2) is 17.5 Å². The smallest absolute Gasteiger partial charge is 0.164 e. The SMILES string of the molecule is N#Cc1cc(-c2nc(-c3ccccc3)nc(-c3ccc(-c4ccccc4)c(-n4c5ccccc5c5ccccc54)c3)n2)ccc1-c1ccccc1. The summed E-state index contributed by atoms with van der Waals surface area (Å²) in [6, 6.07) is 62.1. The number of fused-ring (bicyclic) bond motifs is 3. The lowest BCUT2D eigenvalue weighted by Gasteiger charge is -2.16. The predicted molar refractivity (Wildman–Crippen MR) is 206 cm³/mol. The van der Waals surface area contributed by atoms with Crippen LogP contribution in [0.5, 0.6) is 0 Å². The third kappa shape index (κ3) is 5.42. The number of hydrogen-bond acceptors (Lipinski definition) is 4. The van der Waals surface area contributed by atoms with E-state index in [1.807, 2.05) is 84.9 Å². The molecular weight excluding hydrogens is 623 g/mol. The number of benzene rings is 7. The Morgan fingerprint density at radius 3 is 1.37 bits per heavy atom. The molecule has 9 aromatic rings. The lowest BCUT2D eigenvalue weighted by atomic mass is 9.98. The minimum absolute atomic E-state index is 0.500. The number of nitriles is 1. The fourth-order valence-corrected chi connectivity index (χ4v) is 6.90. The molecule has 2 aromatic heterocycles. The van der Waals surface area contributed by atoms with Gasteiger partial charge in [0.25, 0.3) is 0 Å². The fourth-order valence-electron chi connectivity index (χ4n) is 6.90. The van der Waals surface area contributed by atoms with Crippen molar-refractivity contribution in [2.75, 3.05) is 0 Å². The molecule has 0 atom stereocenters. The Balaban J connectivity index is 1.28. The lowest BCUT2D eigenvalue weighted by Crippen LogP contribution is -2.02. The Morgan fingerprint density at radius 1 is 0.392 bits per heavy atom. The summed E-state index contributed by atoms with van der Waals surface area (Å²) in [5.41, 5.74) is 10.4. The first-order chi connectivity index (χ1) is 25.2. The number of para-hydroxylation sites is 2. The standard InChI is InChI=1S/C46H29N5/c47-30-36-28-34(24-26-37(36)31-14-4-1-5-15-31)45-48-44(33-18-8-3-9-19-33)49-46(50-45)35-25-27-38(32-16-6-2-7-17-32)43(29-35)51-41-22-12-10-20-39(41)40-21-11-13-23-42(40)51/h1-29H. The second kappa shape index (κ2) is 12.7. The zero-order valence-electron chi connectivity index (χ0n) is 27.5. The molecule has 0 aliphatic heterocycles. The Morgan fingerprint density at radius 2 is 0.824 bits per heavy atom. The molecule has 9 rings (SSSR count). The largest absolute Gasteiger partial charge is 0.309 e. The summed E-state index contributed by atoms with van der Waals surface area (Å²) < 4.78 is 2.35. The molecular formula is C46H29N5. The van der Waals surface area contributed by atoms with Crippen LogP contribution in [0.3, 0.4) is 0 Å². The summed E-state index contributed by atoms with van der Waals surface area (Å²) in [5, 5.41) is 12.6. The molecule has 0 unspecified atom stereocenters. The molecule has 0 N–H and O–H groups in total. The third-order valence-corrected chi connectivity index (χ3v) is 9.31. The average molecular weight is 652 g/mol. The summed E-state index contributed by atoms with van der Waals surface area (Å²) in [6.07, 6.45) is 0. The van der Waals surface area contributed by atoms with Gasteiger partial charge in [-0.1, -0.05) is 152 Å². The van der Waals surface area contributed by atoms with Gasteiger partial charge in [-0.05, 0) is 41.0 Å². The van der Waals surface area contributed by atoms with Crippen LogP contribution in [-0.4, -0.2) is 19.5 Å². The summed E-state index contributed by atoms with van der Waals surface area (Å²) in [5.74, 6) is 1.61. The van der Waals surface area contributed by atoms with E-state index < -0.39 is 0 Å². The van der Waals surface area contributed by atoms with Crippen LogP contribution in [0.25, 0.3) is 83.9 Å². The highest BCUT2D eigenvalue weighted by Crippen LogP contribution is 2.38. The van der Waals surface area contributed by atoms with E-state index in [0.717, 1.165) is 55.7 Å². The zero-order chi connectivity index (χ0) is 34.1. The summed E-state index contributed by atoms with van der Waals surface area (Å²) in [6.45, 7) is 0. The molecule has 5 heteroatoms. The van der Waals surface area contributed by atoms with Gasteiger partial charge in [-0.2, -0.15) is 5.26 Å². The predicted octanol–water partition coefficient (Wildman–Crippen LogP) is 11.2. The lowest BCUT2D eigenvalue weighted by molar-refractivity contribution is 1.07. The maximum absolute atomic E-state index is 10.2. The van der Waals surface area contributed by atoms with Crippen molar-refractivity contribution >= 4 is 21.8 Å². The number of aromatic nitrogens is 4. The monoisotopic (exact) mass is 651 g/mol. The van der Waals surface area contributed by atoms with E-state index >= 15 is 0 Å². The molecule has 0 aliphatic rings. The van der Waals surface area contributed by atoms with Crippen molar-refractivity contribution in [3.05, 3.63) is 181 Å². The molecule has 7 aromatic carbocycles. The van der Waals surface area contributed by atoms with Crippen LogP contribution in [0.15, 0.2) is 176 Å². The first kappa shape index (κ1) is 29.9. The molecule has 0 fully saturated rings. The molecule has 0 saturated carbocycles. The van der Waals surface area contributed by atoms with E-state index in [2.05, 4.69) is 102 Å². The second-order valence-corrected chi connectivity index (χ2v) is 12.4. The molecule has 0 spiro atoms. The molecule has 0 aliphatic carbocycles. The van der Waals surface area contributed by atoms with Crippen molar-refractivity contribution in [3.63, 3.8) is 0 Å².